The maximum atomic E-state index is 11.9. The summed E-state index contributed by atoms with van der Waals surface area (Å²) in [6.45, 7) is 4.03. The van der Waals surface area contributed by atoms with Crippen molar-refractivity contribution in [3.05, 3.63) is 29.3 Å². The minimum atomic E-state index is -0.975. The Bertz CT molecular complexity index is 598. The monoisotopic (exact) mass is 292 g/mol. The quantitative estimate of drug-likeness (QED) is 0.928. The van der Waals surface area contributed by atoms with Crippen molar-refractivity contribution in [1.29, 1.82) is 0 Å². The van der Waals surface area contributed by atoms with Gasteiger partial charge in [0.15, 0.2) is 5.17 Å². The Kier molecular flexibility index (Phi) is 4.13. The number of amidine groups is 1. The van der Waals surface area contributed by atoms with Crippen LogP contribution in [0, 0.1) is 13.8 Å². The number of thioether (sulfide) groups is 1. The van der Waals surface area contributed by atoms with Gasteiger partial charge >= 0.3 is 5.97 Å². The molecule has 0 aliphatic carbocycles. The second kappa shape index (κ2) is 5.66. The molecule has 0 aromatic heterocycles. The minimum absolute atomic E-state index is 0.181. The number of hydrogen-bond donors (Lipinski definition) is 1. The highest BCUT2D eigenvalue weighted by Crippen LogP contribution is 2.30. The normalized spacial score (nSPS) is 20.8. The van der Waals surface area contributed by atoms with E-state index in [9.17, 15) is 9.59 Å². The van der Waals surface area contributed by atoms with Crippen molar-refractivity contribution in [2.45, 2.75) is 25.5 Å². The smallest absolute Gasteiger partial charge is 0.305 e. The summed E-state index contributed by atoms with van der Waals surface area (Å²) in [5.41, 5.74) is 3.08. The number of rotatable bonds is 3. The number of aryl methyl sites for hydroxylation is 2. The minimum Gasteiger partial charge on any atom is -0.481 e. The Hall–Kier alpha value is -1.82. The number of aliphatic imine (C=N–C) groups is 1. The van der Waals surface area contributed by atoms with E-state index in [2.05, 4.69) is 4.99 Å². The molecule has 1 unspecified atom stereocenters. The van der Waals surface area contributed by atoms with Crippen molar-refractivity contribution >= 4 is 34.5 Å². The number of carbonyl (C=O) groups is 2. The van der Waals surface area contributed by atoms with Crippen LogP contribution in [0.5, 0.6) is 0 Å². The van der Waals surface area contributed by atoms with Crippen LogP contribution in [0.25, 0.3) is 0 Å². The predicted molar refractivity (Wildman–Crippen MR) is 79.4 cm³/mol. The van der Waals surface area contributed by atoms with Crippen LogP contribution in [0.3, 0.4) is 0 Å². The van der Waals surface area contributed by atoms with Crippen molar-refractivity contribution in [3.8, 4) is 0 Å². The third-order valence-electron chi connectivity index (χ3n) is 3.22. The molecule has 1 aliphatic rings. The lowest BCUT2D eigenvalue weighted by Crippen LogP contribution is -2.28. The molecule has 5 nitrogen and oxygen atoms in total. The molecule has 0 bridgehead atoms. The predicted octanol–water partition coefficient (Wildman–Crippen LogP) is 2.34. The van der Waals surface area contributed by atoms with Crippen LogP contribution in [0.2, 0.25) is 0 Å². The second-order valence-corrected chi connectivity index (χ2v) is 5.93. The number of benzene rings is 1. The summed E-state index contributed by atoms with van der Waals surface area (Å²) in [5, 5.41) is 8.76. The fourth-order valence-corrected chi connectivity index (χ4v) is 3.01. The van der Waals surface area contributed by atoms with Gasteiger partial charge in [0.2, 0.25) is 5.91 Å². The van der Waals surface area contributed by atoms with Gasteiger partial charge in [-0.2, -0.15) is 0 Å². The zero-order valence-corrected chi connectivity index (χ0v) is 12.4. The van der Waals surface area contributed by atoms with Gasteiger partial charge in [0.05, 0.1) is 12.1 Å². The first kappa shape index (κ1) is 14.6. The van der Waals surface area contributed by atoms with Gasteiger partial charge in [-0.1, -0.05) is 17.8 Å². The number of aliphatic carboxylic acids is 1. The van der Waals surface area contributed by atoms with Crippen molar-refractivity contribution in [2.75, 3.05) is 7.05 Å². The van der Waals surface area contributed by atoms with Crippen LogP contribution in [-0.4, -0.2) is 39.3 Å². The molecular weight excluding hydrogens is 276 g/mol. The molecule has 0 spiro atoms. The molecule has 0 saturated carbocycles. The third-order valence-corrected chi connectivity index (χ3v) is 4.44. The highest BCUT2D eigenvalue weighted by molar-refractivity contribution is 8.15. The molecule has 6 heteroatoms. The van der Waals surface area contributed by atoms with Gasteiger partial charge in [0.1, 0.15) is 5.25 Å². The lowest BCUT2D eigenvalue weighted by molar-refractivity contribution is -0.139. The fourth-order valence-electron chi connectivity index (χ4n) is 1.86. The van der Waals surface area contributed by atoms with Crippen LogP contribution in [0.4, 0.5) is 5.69 Å². The molecule has 1 aromatic rings. The van der Waals surface area contributed by atoms with E-state index in [0.717, 1.165) is 11.3 Å². The van der Waals surface area contributed by atoms with Crippen molar-refractivity contribution in [1.82, 2.24) is 4.90 Å². The molecule has 0 radical (unpaired) electrons. The van der Waals surface area contributed by atoms with E-state index in [-0.39, 0.29) is 12.3 Å². The van der Waals surface area contributed by atoms with E-state index in [1.807, 2.05) is 32.0 Å². The maximum Gasteiger partial charge on any atom is 0.305 e. The van der Waals surface area contributed by atoms with E-state index in [4.69, 9.17) is 5.11 Å². The van der Waals surface area contributed by atoms with Gasteiger partial charge in [-0.25, -0.2) is 4.99 Å². The summed E-state index contributed by atoms with van der Waals surface area (Å²) in [4.78, 5) is 28.5. The van der Waals surface area contributed by atoms with E-state index < -0.39 is 11.2 Å². The first-order valence-electron chi connectivity index (χ1n) is 6.20. The number of carbonyl (C=O) groups excluding carboxylic acids is 1. The average molecular weight is 292 g/mol. The molecule has 1 heterocycles. The molecule has 1 amide bonds. The topological polar surface area (TPSA) is 70.0 Å². The van der Waals surface area contributed by atoms with Gasteiger partial charge < -0.3 is 5.11 Å². The Morgan fingerprint density at radius 2 is 2.10 bits per heavy atom. The molecule has 1 saturated heterocycles. The largest absolute Gasteiger partial charge is 0.481 e. The van der Waals surface area contributed by atoms with E-state index in [1.54, 1.807) is 7.05 Å². The Morgan fingerprint density at radius 1 is 1.40 bits per heavy atom. The zero-order chi connectivity index (χ0) is 14.9. The molecule has 1 aliphatic heterocycles. The van der Waals surface area contributed by atoms with E-state index in [1.165, 1.54) is 22.2 Å². The van der Waals surface area contributed by atoms with Crippen LogP contribution < -0.4 is 0 Å². The Morgan fingerprint density at radius 3 is 2.70 bits per heavy atom. The van der Waals surface area contributed by atoms with Crippen LogP contribution in [0.1, 0.15) is 17.5 Å². The highest BCUT2D eigenvalue weighted by Gasteiger charge is 2.36. The SMILES string of the molecule is Cc1ccc(N=C2SC(CC(=O)O)C(=O)N2C)cc1C. The van der Waals surface area contributed by atoms with Gasteiger partial charge in [-0.3, -0.25) is 14.5 Å². The van der Waals surface area contributed by atoms with Gasteiger partial charge in [0, 0.05) is 7.05 Å². The maximum absolute atomic E-state index is 11.9. The molecular formula is C14H16N2O3S. The van der Waals surface area contributed by atoms with Crippen molar-refractivity contribution in [2.24, 2.45) is 4.99 Å². The molecule has 1 fully saturated rings. The third kappa shape index (κ3) is 3.01. The van der Waals surface area contributed by atoms with E-state index >= 15 is 0 Å². The molecule has 1 N–H and O–H groups in total. The second-order valence-electron chi connectivity index (χ2n) is 4.76. The zero-order valence-electron chi connectivity index (χ0n) is 11.6. The first-order valence-corrected chi connectivity index (χ1v) is 7.08. The summed E-state index contributed by atoms with van der Waals surface area (Å²) >= 11 is 1.21. The summed E-state index contributed by atoms with van der Waals surface area (Å²) < 4.78 is 0. The van der Waals surface area contributed by atoms with Crippen molar-refractivity contribution in [3.63, 3.8) is 0 Å². The lowest BCUT2D eigenvalue weighted by atomic mass is 10.1. The lowest BCUT2D eigenvalue weighted by Gasteiger charge is -2.08. The molecule has 2 rings (SSSR count). The first-order chi connectivity index (χ1) is 9.38. The van der Waals surface area contributed by atoms with Gasteiger partial charge in [-0.05, 0) is 37.1 Å². The van der Waals surface area contributed by atoms with Gasteiger partial charge in [0.25, 0.3) is 0 Å². The van der Waals surface area contributed by atoms with Crippen LogP contribution in [-0.2, 0) is 9.59 Å². The molecule has 1 aromatic carbocycles. The fraction of sp³-hybridized carbons (Fsp3) is 0.357. The molecule has 20 heavy (non-hydrogen) atoms. The highest BCUT2D eigenvalue weighted by atomic mass is 32.2. The Balaban J connectivity index is 2.24. The standard InChI is InChI=1S/C14H16N2O3S/c1-8-4-5-10(6-9(8)2)15-14-16(3)13(19)11(20-14)7-12(17)18/h4-6,11H,7H2,1-3H3,(H,17,18). The number of hydrogen-bond acceptors (Lipinski definition) is 4. The average Bonchev–Trinajstić information content (AvgIpc) is 2.62. The molecule has 106 valence electrons. The van der Waals surface area contributed by atoms with E-state index in [0.29, 0.717) is 5.17 Å². The number of carboxylic acids is 1. The van der Waals surface area contributed by atoms with Crippen LogP contribution >= 0.6 is 11.8 Å². The molecule has 1 atom stereocenters. The van der Waals surface area contributed by atoms with Gasteiger partial charge in [-0.15, -0.1) is 0 Å². The number of carboxylic acid groups (broad SMARTS) is 1. The number of amides is 1. The summed E-state index contributed by atoms with van der Waals surface area (Å²) in [5.74, 6) is -1.18. The number of nitrogens with zero attached hydrogens (tertiary/aromatic N) is 2. The summed E-state index contributed by atoms with van der Waals surface area (Å²) in [6, 6.07) is 5.81. The summed E-state index contributed by atoms with van der Waals surface area (Å²) in [6.07, 6.45) is -0.181. The van der Waals surface area contributed by atoms with Crippen LogP contribution in [0.15, 0.2) is 23.2 Å². The van der Waals surface area contributed by atoms with Crippen molar-refractivity contribution < 1.29 is 14.7 Å². The Labute approximate surface area is 121 Å². The summed E-state index contributed by atoms with van der Waals surface area (Å²) in [7, 11) is 1.62.